The van der Waals surface area contributed by atoms with Crippen molar-refractivity contribution in [3.8, 4) is 0 Å². The molecule has 0 aliphatic heterocycles. The van der Waals surface area contributed by atoms with Crippen LogP contribution in [0.1, 0.15) is 55.2 Å². The lowest BCUT2D eigenvalue weighted by molar-refractivity contribution is 0.0697. The third kappa shape index (κ3) is 2.94. The van der Waals surface area contributed by atoms with Crippen LogP contribution in [0.4, 0.5) is 5.82 Å². The number of aromatic carboxylic acids is 1. The number of carboxylic acids is 1. The molecule has 1 aromatic rings. The van der Waals surface area contributed by atoms with E-state index < -0.39 is 5.97 Å². The molecule has 2 rings (SSSR count). The van der Waals surface area contributed by atoms with Gasteiger partial charge in [0, 0.05) is 18.8 Å². The van der Waals surface area contributed by atoms with Crippen molar-refractivity contribution < 1.29 is 9.90 Å². The van der Waals surface area contributed by atoms with E-state index in [1.54, 1.807) is 0 Å². The maximum absolute atomic E-state index is 11.5. The first-order chi connectivity index (χ1) is 9.56. The molecular weight excluding hydrogens is 252 g/mol. The lowest BCUT2D eigenvalue weighted by atomic mass is 10.1. The lowest BCUT2D eigenvalue weighted by Gasteiger charge is -2.27. The van der Waals surface area contributed by atoms with Crippen molar-refractivity contribution in [3.63, 3.8) is 0 Å². The van der Waals surface area contributed by atoms with Crippen LogP contribution in [0, 0.1) is 5.92 Å². The predicted octanol–water partition coefficient (Wildman–Crippen LogP) is 3.14. The maximum atomic E-state index is 11.5. The summed E-state index contributed by atoms with van der Waals surface area (Å²) in [6.07, 6.45) is 4.11. The van der Waals surface area contributed by atoms with Gasteiger partial charge >= 0.3 is 5.97 Å². The van der Waals surface area contributed by atoms with Gasteiger partial charge in [0.15, 0.2) is 0 Å². The summed E-state index contributed by atoms with van der Waals surface area (Å²) in [6.45, 7) is 8.06. The fraction of sp³-hybridized carbons (Fsp3) is 0.625. The Morgan fingerprint density at radius 3 is 2.80 bits per heavy atom. The van der Waals surface area contributed by atoms with Crippen LogP contribution in [0.3, 0.4) is 0 Å². The minimum Gasteiger partial charge on any atom is -0.478 e. The fourth-order valence-electron chi connectivity index (χ4n) is 2.73. The van der Waals surface area contributed by atoms with E-state index in [0.29, 0.717) is 17.3 Å². The Balaban J connectivity index is 2.39. The average molecular weight is 276 g/mol. The molecule has 0 fully saturated rings. The lowest BCUT2D eigenvalue weighted by Crippen LogP contribution is -2.30. The molecule has 1 unspecified atom stereocenters. The topological polar surface area (TPSA) is 53.4 Å². The van der Waals surface area contributed by atoms with Gasteiger partial charge in [0.2, 0.25) is 0 Å². The van der Waals surface area contributed by atoms with E-state index in [4.69, 9.17) is 0 Å². The molecular formula is C16H24N2O2. The van der Waals surface area contributed by atoms with E-state index in [2.05, 4.69) is 30.7 Å². The summed E-state index contributed by atoms with van der Waals surface area (Å²) in [4.78, 5) is 18.3. The molecule has 0 spiro atoms. The molecule has 1 aliphatic rings. The van der Waals surface area contributed by atoms with Crippen LogP contribution in [0.2, 0.25) is 0 Å². The second kappa shape index (κ2) is 6.25. The zero-order valence-corrected chi connectivity index (χ0v) is 12.6. The van der Waals surface area contributed by atoms with Crippen molar-refractivity contribution in [1.29, 1.82) is 0 Å². The van der Waals surface area contributed by atoms with E-state index in [1.807, 2.05) is 6.07 Å². The van der Waals surface area contributed by atoms with Crippen LogP contribution >= 0.6 is 0 Å². The normalized spacial score (nSPS) is 14.9. The van der Waals surface area contributed by atoms with E-state index in [1.165, 1.54) is 0 Å². The number of pyridine rings is 1. The zero-order chi connectivity index (χ0) is 14.7. The Kier molecular flexibility index (Phi) is 4.63. The second-order valence-corrected chi connectivity index (χ2v) is 5.68. The van der Waals surface area contributed by atoms with Gasteiger partial charge in [-0.05, 0) is 43.7 Å². The van der Waals surface area contributed by atoms with Crippen molar-refractivity contribution >= 4 is 11.8 Å². The Hall–Kier alpha value is -1.58. The highest BCUT2D eigenvalue weighted by Gasteiger charge is 2.23. The Morgan fingerprint density at radius 1 is 1.45 bits per heavy atom. The first kappa shape index (κ1) is 14.8. The van der Waals surface area contributed by atoms with Crippen LogP contribution in [-0.2, 0) is 12.8 Å². The predicted molar refractivity (Wildman–Crippen MR) is 80.6 cm³/mol. The molecule has 0 saturated heterocycles. The summed E-state index contributed by atoms with van der Waals surface area (Å²) in [5.41, 5.74) is 2.56. The molecule has 1 N–H and O–H groups in total. The number of hydrogen-bond donors (Lipinski definition) is 1. The van der Waals surface area contributed by atoms with E-state index in [0.717, 1.165) is 50.0 Å². The molecule has 4 heteroatoms. The highest BCUT2D eigenvalue weighted by atomic mass is 16.4. The zero-order valence-electron chi connectivity index (χ0n) is 12.6. The van der Waals surface area contributed by atoms with Gasteiger partial charge in [0.05, 0.1) is 0 Å². The number of anilines is 1. The highest BCUT2D eigenvalue weighted by Crippen LogP contribution is 2.28. The molecule has 1 aliphatic carbocycles. The van der Waals surface area contributed by atoms with Gasteiger partial charge in [-0.2, -0.15) is 0 Å². The van der Waals surface area contributed by atoms with E-state index in [-0.39, 0.29) is 0 Å². The minimum absolute atomic E-state index is 0.357. The third-order valence-corrected chi connectivity index (χ3v) is 4.17. The Bertz CT molecular complexity index is 499. The molecule has 0 bridgehead atoms. The molecule has 110 valence electrons. The van der Waals surface area contributed by atoms with Gasteiger partial charge in [-0.25, -0.2) is 9.78 Å². The van der Waals surface area contributed by atoms with E-state index >= 15 is 0 Å². The number of aromatic nitrogens is 1. The number of nitrogens with zero attached hydrogens (tertiary/aromatic N) is 2. The molecule has 0 amide bonds. The molecule has 0 radical (unpaired) electrons. The molecule has 1 heterocycles. The van der Waals surface area contributed by atoms with E-state index in [9.17, 15) is 9.90 Å². The minimum atomic E-state index is -0.871. The van der Waals surface area contributed by atoms with Gasteiger partial charge in [-0.15, -0.1) is 0 Å². The number of rotatable bonds is 6. The summed E-state index contributed by atoms with van der Waals surface area (Å²) in [5, 5.41) is 9.47. The van der Waals surface area contributed by atoms with Gasteiger partial charge in [0.1, 0.15) is 11.4 Å². The smallest absolute Gasteiger partial charge is 0.339 e. The van der Waals surface area contributed by atoms with Crippen LogP contribution in [0.25, 0.3) is 0 Å². The van der Waals surface area contributed by atoms with Crippen LogP contribution in [-0.4, -0.2) is 29.1 Å². The third-order valence-electron chi connectivity index (χ3n) is 4.17. The number of hydrogen-bond acceptors (Lipinski definition) is 3. The van der Waals surface area contributed by atoms with Gasteiger partial charge < -0.3 is 10.0 Å². The monoisotopic (exact) mass is 276 g/mol. The standard InChI is InChI=1S/C16H24N2O2/c1-4-11(3)10-18(5-2)15-13(16(19)20)9-12-7-6-8-14(12)17-15/h9,11H,4-8,10H2,1-3H3,(H,19,20). The second-order valence-electron chi connectivity index (χ2n) is 5.68. The summed E-state index contributed by atoms with van der Waals surface area (Å²) in [5.74, 6) is 0.317. The van der Waals surface area contributed by atoms with Crippen LogP contribution < -0.4 is 4.90 Å². The molecule has 4 nitrogen and oxygen atoms in total. The summed E-state index contributed by atoms with van der Waals surface area (Å²) in [7, 11) is 0. The molecule has 20 heavy (non-hydrogen) atoms. The first-order valence-electron chi connectivity index (χ1n) is 7.57. The van der Waals surface area contributed by atoms with Crippen LogP contribution in [0.15, 0.2) is 6.07 Å². The summed E-state index contributed by atoms with van der Waals surface area (Å²) in [6, 6.07) is 1.84. The first-order valence-corrected chi connectivity index (χ1v) is 7.57. The van der Waals surface area contributed by atoms with Crippen molar-refractivity contribution in [2.24, 2.45) is 5.92 Å². The maximum Gasteiger partial charge on any atom is 0.339 e. The quantitative estimate of drug-likeness (QED) is 0.867. The number of carbonyl (C=O) groups is 1. The van der Waals surface area contributed by atoms with Crippen molar-refractivity contribution in [3.05, 3.63) is 22.9 Å². The summed E-state index contributed by atoms with van der Waals surface area (Å²) >= 11 is 0. The van der Waals surface area contributed by atoms with Gasteiger partial charge in [0.25, 0.3) is 0 Å². The van der Waals surface area contributed by atoms with Gasteiger partial charge in [-0.1, -0.05) is 20.3 Å². The fourth-order valence-corrected chi connectivity index (χ4v) is 2.73. The molecule has 1 aromatic heterocycles. The highest BCUT2D eigenvalue weighted by molar-refractivity contribution is 5.93. The van der Waals surface area contributed by atoms with Crippen molar-refractivity contribution in [2.75, 3.05) is 18.0 Å². The van der Waals surface area contributed by atoms with Gasteiger partial charge in [-0.3, -0.25) is 0 Å². The number of carboxylic acid groups (broad SMARTS) is 1. The summed E-state index contributed by atoms with van der Waals surface area (Å²) < 4.78 is 0. The largest absolute Gasteiger partial charge is 0.478 e. The molecule has 0 aromatic carbocycles. The number of aryl methyl sites for hydroxylation is 2. The molecule has 0 saturated carbocycles. The van der Waals surface area contributed by atoms with Crippen molar-refractivity contribution in [2.45, 2.75) is 46.5 Å². The number of fused-ring (bicyclic) bond motifs is 1. The van der Waals surface area contributed by atoms with Crippen molar-refractivity contribution in [1.82, 2.24) is 4.98 Å². The molecule has 1 atom stereocenters. The SMILES string of the molecule is CCC(C)CN(CC)c1nc2c(cc1C(=O)O)CCC2. The average Bonchev–Trinajstić information content (AvgIpc) is 2.90. The Morgan fingerprint density at radius 2 is 2.20 bits per heavy atom. The Labute approximate surface area is 120 Å². The van der Waals surface area contributed by atoms with Crippen LogP contribution in [0.5, 0.6) is 0 Å².